The maximum atomic E-state index is 11.9. The van der Waals surface area contributed by atoms with Crippen LogP contribution in [0.2, 0.25) is 0 Å². The number of carbonyl (C=O) groups excluding carboxylic acids is 1. The van der Waals surface area contributed by atoms with Crippen molar-refractivity contribution in [2.75, 3.05) is 13.1 Å². The van der Waals surface area contributed by atoms with Gasteiger partial charge in [0, 0.05) is 19.1 Å². The van der Waals surface area contributed by atoms with E-state index in [1.54, 1.807) is 4.90 Å². The molecule has 18 heavy (non-hydrogen) atoms. The van der Waals surface area contributed by atoms with Gasteiger partial charge in [0.15, 0.2) is 0 Å². The Morgan fingerprint density at radius 2 is 1.94 bits per heavy atom. The molecule has 1 fully saturated rings. The summed E-state index contributed by atoms with van der Waals surface area (Å²) in [5.41, 5.74) is 5.27. The summed E-state index contributed by atoms with van der Waals surface area (Å²) in [7, 11) is 0. The minimum atomic E-state index is -0.414. The van der Waals surface area contributed by atoms with E-state index in [1.807, 2.05) is 33.8 Å². The van der Waals surface area contributed by atoms with Crippen molar-refractivity contribution in [3.8, 4) is 0 Å². The lowest BCUT2D eigenvalue weighted by molar-refractivity contribution is 0.0197. The van der Waals surface area contributed by atoms with Crippen molar-refractivity contribution in [1.29, 1.82) is 0 Å². The number of hydrogen-bond acceptors (Lipinski definition) is 3. The highest BCUT2D eigenvalue weighted by Gasteiger charge is 2.25. The predicted octanol–water partition coefficient (Wildman–Crippen LogP) is 2.54. The molecule has 0 aromatic carbocycles. The minimum absolute atomic E-state index is 0.105. The average molecular weight is 254 g/mol. The summed E-state index contributed by atoms with van der Waals surface area (Å²) in [5.74, 6) is 0.537. The fourth-order valence-corrected chi connectivity index (χ4v) is 1.93. The van der Waals surface area contributed by atoms with Crippen LogP contribution < -0.4 is 5.73 Å². The molecule has 1 rings (SSSR count). The number of hydrogen-bond donors (Lipinski definition) is 1. The van der Waals surface area contributed by atoms with Gasteiger partial charge in [-0.15, -0.1) is 0 Å². The van der Waals surface area contributed by atoms with Gasteiger partial charge in [-0.1, -0.05) is 12.2 Å². The molecule has 1 heterocycles. The first kappa shape index (κ1) is 15.0. The lowest BCUT2D eigenvalue weighted by Crippen LogP contribution is -2.41. The van der Waals surface area contributed by atoms with Crippen molar-refractivity contribution in [1.82, 2.24) is 4.90 Å². The van der Waals surface area contributed by atoms with Crippen LogP contribution in [0.3, 0.4) is 0 Å². The molecule has 1 aliphatic heterocycles. The van der Waals surface area contributed by atoms with E-state index in [0.29, 0.717) is 5.92 Å². The van der Waals surface area contributed by atoms with Crippen molar-refractivity contribution < 1.29 is 9.53 Å². The van der Waals surface area contributed by atoms with Crippen LogP contribution in [0.4, 0.5) is 4.79 Å². The third-order valence-electron chi connectivity index (χ3n) is 2.88. The monoisotopic (exact) mass is 254 g/mol. The maximum Gasteiger partial charge on any atom is 0.410 e. The van der Waals surface area contributed by atoms with Crippen LogP contribution in [0.1, 0.15) is 40.5 Å². The lowest BCUT2D eigenvalue weighted by atomic mass is 9.96. The zero-order valence-corrected chi connectivity index (χ0v) is 12.0. The molecular weight excluding hydrogens is 228 g/mol. The van der Waals surface area contributed by atoms with Gasteiger partial charge in [0.05, 0.1) is 0 Å². The van der Waals surface area contributed by atoms with E-state index in [0.717, 1.165) is 25.9 Å². The highest BCUT2D eigenvalue weighted by atomic mass is 16.6. The Morgan fingerprint density at radius 3 is 2.39 bits per heavy atom. The van der Waals surface area contributed by atoms with Crippen LogP contribution in [0, 0.1) is 5.92 Å². The number of amides is 1. The van der Waals surface area contributed by atoms with E-state index in [4.69, 9.17) is 10.5 Å². The van der Waals surface area contributed by atoms with Crippen LogP contribution >= 0.6 is 0 Å². The summed E-state index contributed by atoms with van der Waals surface area (Å²) in [6, 6.07) is 0.105. The van der Waals surface area contributed by atoms with Crippen molar-refractivity contribution in [3.05, 3.63) is 12.2 Å². The first-order valence-electron chi connectivity index (χ1n) is 6.70. The Hall–Kier alpha value is -1.03. The molecule has 0 saturated carbocycles. The number of likely N-dealkylation sites (tertiary alicyclic amines) is 1. The summed E-state index contributed by atoms with van der Waals surface area (Å²) in [6.07, 6.45) is 5.99. The van der Waals surface area contributed by atoms with Crippen molar-refractivity contribution in [2.45, 2.75) is 52.2 Å². The molecule has 1 amide bonds. The second-order valence-electron chi connectivity index (χ2n) is 6.05. The molecule has 1 atom stereocenters. The molecule has 0 spiro atoms. The van der Waals surface area contributed by atoms with Gasteiger partial charge in [-0.05, 0) is 46.5 Å². The van der Waals surface area contributed by atoms with E-state index in [2.05, 4.69) is 6.08 Å². The number of rotatable bonds is 2. The number of piperidine rings is 1. The Kier molecular flexibility index (Phi) is 5.20. The minimum Gasteiger partial charge on any atom is -0.444 e. The SMILES string of the molecule is CC(N)/C=C/C1CCN(C(=O)OC(C)(C)C)CC1. The standard InChI is InChI=1S/C14H26N2O2/c1-11(15)5-6-12-7-9-16(10-8-12)13(17)18-14(2,3)4/h5-6,11-12H,7-10,15H2,1-4H3/b6-5+. The molecule has 4 nitrogen and oxygen atoms in total. The normalized spacial score (nSPS) is 20.2. The Labute approximate surface area is 110 Å². The smallest absolute Gasteiger partial charge is 0.410 e. The zero-order valence-electron chi connectivity index (χ0n) is 12.0. The van der Waals surface area contributed by atoms with E-state index < -0.39 is 5.60 Å². The zero-order chi connectivity index (χ0) is 13.8. The first-order valence-corrected chi connectivity index (χ1v) is 6.70. The third kappa shape index (κ3) is 5.54. The quantitative estimate of drug-likeness (QED) is 0.770. The Morgan fingerprint density at radius 1 is 1.39 bits per heavy atom. The maximum absolute atomic E-state index is 11.9. The highest BCUT2D eigenvalue weighted by molar-refractivity contribution is 5.68. The van der Waals surface area contributed by atoms with E-state index >= 15 is 0 Å². The molecule has 0 radical (unpaired) electrons. The molecule has 1 saturated heterocycles. The van der Waals surface area contributed by atoms with Crippen molar-refractivity contribution >= 4 is 6.09 Å². The fourth-order valence-electron chi connectivity index (χ4n) is 1.93. The molecule has 0 aliphatic carbocycles. The average Bonchev–Trinajstić information content (AvgIpc) is 2.24. The molecule has 0 aromatic heterocycles. The number of nitrogens with zero attached hydrogens (tertiary/aromatic N) is 1. The van der Waals surface area contributed by atoms with Crippen molar-refractivity contribution in [2.24, 2.45) is 11.7 Å². The molecule has 4 heteroatoms. The van der Waals surface area contributed by atoms with Gasteiger partial charge in [-0.25, -0.2) is 4.79 Å². The van der Waals surface area contributed by atoms with Crippen molar-refractivity contribution in [3.63, 3.8) is 0 Å². The topological polar surface area (TPSA) is 55.6 Å². The van der Waals surface area contributed by atoms with Crippen LogP contribution in [0.5, 0.6) is 0 Å². The lowest BCUT2D eigenvalue weighted by Gasteiger charge is -2.32. The highest BCUT2D eigenvalue weighted by Crippen LogP contribution is 2.20. The number of nitrogens with two attached hydrogens (primary N) is 1. The van der Waals surface area contributed by atoms with Crippen LogP contribution in [-0.2, 0) is 4.74 Å². The van der Waals surface area contributed by atoms with Crippen LogP contribution in [-0.4, -0.2) is 35.7 Å². The first-order chi connectivity index (χ1) is 8.28. The van der Waals surface area contributed by atoms with Gasteiger partial charge in [0.25, 0.3) is 0 Å². The second-order valence-corrected chi connectivity index (χ2v) is 6.05. The number of ether oxygens (including phenoxy) is 1. The Bertz CT molecular complexity index is 297. The molecule has 1 aliphatic rings. The van der Waals surface area contributed by atoms with E-state index in [-0.39, 0.29) is 12.1 Å². The summed E-state index contributed by atoms with van der Waals surface area (Å²) in [6.45, 7) is 9.17. The summed E-state index contributed by atoms with van der Waals surface area (Å²) >= 11 is 0. The summed E-state index contributed by atoms with van der Waals surface area (Å²) < 4.78 is 5.36. The number of carbonyl (C=O) groups is 1. The fraction of sp³-hybridized carbons (Fsp3) is 0.786. The van der Waals surface area contributed by atoms with Crippen LogP contribution in [0.15, 0.2) is 12.2 Å². The molecule has 0 aromatic rings. The van der Waals surface area contributed by atoms with Gasteiger partial charge in [-0.2, -0.15) is 0 Å². The van der Waals surface area contributed by atoms with Gasteiger partial charge in [0.2, 0.25) is 0 Å². The molecule has 2 N–H and O–H groups in total. The van der Waals surface area contributed by atoms with Crippen LogP contribution in [0.25, 0.3) is 0 Å². The number of allylic oxidation sites excluding steroid dienone is 1. The van der Waals surface area contributed by atoms with Gasteiger partial charge in [-0.3, -0.25) is 0 Å². The molecule has 0 bridgehead atoms. The van der Waals surface area contributed by atoms with Gasteiger partial charge < -0.3 is 15.4 Å². The van der Waals surface area contributed by atoms with E-state index in [1.165, 1.54) is 0 Å². The molecular formula is C14H26N2O2. The largest absolute Gasteiger partial charge is 0.444 e. The third-order valence-corrected chi connectivity index (χ3v) is 2.88. The van der Waals surface area contributed by atoms with E-state index in [9.17, 15) is 4.79 Å². The van der Waals surface area contributed by atoms with Gasteiger partial charge in [0.1, 0.15) is 5.60 Å². The summed E-state index contributed by atoms with van der Waals surface area (Å²) in [5, 5.41) is 0. The Balaban J connectivity index is 2.37. The molecule has 1 unspecified atom stereocenters. The predicted molar refractivity (Wildman–Crippen MR) is 73.3 cm³/mol. The molecule has 104 valence electrons. The summed E-state index contributed by atoms with van der Waals surface area (Å²) in [4.78, 5) is 13.6. The van der Waals surface area contributed by atoms with Gasteiger partial charge >= 0.3 is 6.09 Å². The second kappa shape index (κ2) is 6.23.